The standard InChI is InChI=1S/C11H11ClN2O/c1-8(10-5-3-7-15-10)14-11-9(12)4-2-6-13-11/h2-8H,1H3,(H,13,14). The van der Waals surface area contributed by atoms with Crippen LogP contribution in [0.1, 0.15) is 18.7 Å². The van der Waals surface area contributed by atoms with E-state index in [2.05, 4.69) is 10.3 Å². The number of hydrogen-bond acceptors (Lipinski definition) is 3. The highest BCUT2D eigenvalue weighted by atomic mass is 35.5. The van der Waals surface area contributed by atoms with Gasteiger partial charge in [-0.25, -0.2) is 4.98 Å². The molecule has 4 heteroatoms. The van der Waals surface area contributed by atoms with E-state index in [0.717, 1.165) is 5.76 Å². The summed E-state index contributed by atoms with van der Waals surface area (Å²) in [5, 5.41) is 3.78. The van der Waals surface area contributed by atoms with Crippen molar-refractivity contribution in [3.63, 3.8) is 0 Å². The van der Waals surface area contributed by atoms with Crippen LogP contribution >= 0.6 is 11.6 Å². The molecule has 2 aromatic heterocycles. The van der Waals surface area contributed by atoms with Gasteiger partial charge >= 0.3 is 0 Å². The van der Waals surface area contributed by atoms with E-state index in [1.807, 2.05) is 19.1 Å². The van der Waals surface area contributed by atoms with Crippen LogP contribution in [0, 0.1) is 0 Å². The fourth-order valence-corrected chi connectivity index (χ4v) is 1.48. The molecule has 0 aliphatic rings. The van der Waals surface area contributed by atoms with Gasteiger partial charge in [0.1, 0.15) is 11.6 Å². The summed E-state index contributed by atoms with van der Waals surface area (Å²) in [5.41, 5.74) is 0. The van der Waals surface area contributed by atoms with Gasteiger partial charge in [0.05, 0.1) is 17.3 Å². The molecule has 1 atom stereocenters. The van der Waals surface area contributed by atoms with Crippen molar-refractivity contribution in [1.29, 1.82) is 0 Å². The Morgan fingerprint density at radius 3 is 2.93 bits per heavy atom. The number of nitrogens with zero attached hydrogens (tertiary/aromatic N) is 1. The van der Waals surface area contributed by atoms with Crippen LogP contribution in [0.15, 0.2) is 41.1 Å². The summed E-state index contributed by atoms with van der Waals surface area (Å²) >= 11 is 5.97. The lowest BCUT2D eigenvalue weighted by atomic mass is 10.2. The monoisotopic (exact) mass is 222 g/mol. The highest BCUT2D eigenvalue weighted by Gasteiger charge is 2.09. The van der Waals surface area contributed by atoms with Crippen LogP contribution in [0.5, 0.6) is 0 Å². The van der Waals surface area contributed by atoms with Gasteiger partial charge in [0, 0.05) is 6.20 Å². The van der Waals surface area contributed by atoms with Crippen molar-refractivity contribution in [3.8, 4) is 0 Å². The molecule has 2 aromatic rings. The Kier molecular flexibility index (Phi) is 2.92. The Morgan fingerprint density at radius 1 is 1.40 bits per heavy atom. The van der Waals surface area contributed by atoms with E-state index >= 15 is 0 Å². The van der Waals surface area contributed by atoms with Crippen LogP contribution < -0.4 is 5.32 Å². The van der Waals surface area contributed by atoms with Crippen molar-refractivity contribution in [2.45, 2.75) is 13.0 Å². The molecular weight excluding hydrogens is 212 g/mol. The molecular formula is C11H11ClN2O. The topological polar surface area (TPSA) is 38.1 Å². The average molecular weight is 223 g/mol. The molecule has 2 heterocycles. The van der Waals surface area contributed by atoms with E-state index in [4.69, 9.17) is 16.0 Å². The van der Waals surface area contributed by atoms with Gasteiger partial charge in [-0.15, -0.1) is 0 Å². The highest BCUT2D eigenvalue weighted by molar-refractivity contribution is 6.32. The lowest BCUT2D eigenvalue weighted by molar-refractivity contribution is 0.490. The van der Waals surface area contributed by atoms with E-state index < -0.39 is 0 Å². The van der Waals surface area contributed by atoms with Crippen molar-refractivity contribution in [2.75, 3.05) is 5.32 Å². The van der Waals surface area contributed by atoms with E-state index in [-0.39, 0.29) is 6.04 Å². The first-order chi connectivity index (χ1) is 7.27. The number of pyridine rings is 1. The Hall–Kier alpha value is -1.48. The summed E-state index contributed by atoms with van der Waals surface area (Å²) in [6.45, 7) is 1.99. The van der Waals surface area contributed by atoms with Crippen LogP contribution in [-0.2, 0) is 0 Å². The zero-order valence-electron chi connectivity index (χ0n) is 8.27. The summed E-state index contributed by atoms with van der Waals surface area (Å²) in [6.07, 6.45) is 3.34. The molecule has 0 aliphatic heterocycles. The van der Waals surface area contributed by atoms with Gasteiger partial charge in [0.25, 0.3) is 0 Å². The van der Waals surface area contributed by atoms with Gasteiger partial charge in [0.2, 0.25) is 0 Å². The van der Waals surface area contributed by atoms with Crippen LogP contribution in [0.25, 0.3) is 0 Å². The minimum absolute atomic E-state index is 0.0485. The fourth-order valence-electron chi connectivity index (χ4n) is 1.31. The molecule has 0 amide bonds. The first-order valence-corrected chi connectivity index (χ1v) is 5.05. The van der Waals surface area contributed by atoms with Crippen LogP contribution in [0.3, 0.4) is 0 Å². The average Bonchev–Trinajstić information content (AvgIpc) is 2.74. The van der Waals surface area contributed by atoms with Crippen molar-refractivity contribution in [3.05, 3.63) is 47.5 Å². The van der Waals surface area contributed by atoms with Gasteiger partial charge in [-0.2, -0.15) is 0 Å². The van der Waals surface area contributed by atoms with Crippen LogP contribution in [0.4, 0.5) is 5.82 Å². The number of furan rings is 1. The number of hydrogen-bond donors (Lipinski definition) is 1. The molecule has 0 bridgehead atoms. The second-order valence-electron chi connectivity index (χ2n) is 3.22. The zero-order chi connectivity index (χ0) is 10.7. The number of nitrogens with one attached hydrogen (secondary N) is 1. The minimum atomic E-state index is 0.0485. The summed E-state index contributed by atoms with van der Waals surface area (Å²) < 4.78 is 5.27. The third kappa shape index (κ3) is 2.30. The van der Waals surface area contributed by atoms with Gasteiger partial charge in [-0.3, -0.25) is 0 Å². The smallest absolute Gasteiger partial charge is 0.145 e. The minimum Gasteiger partial charge on any atom is -0.467 e. The number of halogens is 1. The molecule has 0 fully saturated rings. The molecule has 0 aromatic carbocycles. The zero-order valence-corrected chi connectivity index (χ0v) is 9.03. The van der Waals surface area contributed by atoms with E-state index in [9.17, 15) is 0 Å². The SMILES string of the molecule is CC(Nc1ncccc1Cl)c1ccco1. The van der Waals surface area contributed by atoms with E-state index in [1.54, 1.807) is 24.6 Å². The van der Waals surface area contributed by atoms with Crippen LogP contribution in [-0.4, -0.2) is 4.98 Å². The predicted octanol–water partition coefficient (Wildman–Crippen LogP) is 3.50. The molecule has 3 nitrogen and oxygen atoms in total. The second kappa shape index (κ2) is 4.36. The maximum absolute atomic E-state index is 5.97. The maximum atomic E-state index is 5.97. The quantitative estimate of drug-likeness (QED) is 0.864. The molecule has 15 heavy (non-hydrogen) atoms. The lowest BCUT2D eigenvalue weighted by Crippen LogP contribution is -2.07. The molecule has 0 aliphatic carbocycles. The van der Waals surface area contributed by atoms with Crippen LogP contribution in [0.2, 0.25) is 5.02 Å². The number of rotatable bonds is 3. The Labute approximate surface area is 93.1 Å². The summed E-state index contributed by atoms with van der Waals surface area (Å²) in [7, 11) is 0. The molecule has 0 spiro atoms. The normalized spacial score (nSPS) is 12.4. The third-order valence-corrected chi connectivity index (χ3v) is 2.39. The van der Waals surface area contributed by atoms with Crippen molar-refractivity contribution in [1.82, 2.24) is 4.98 Å². The lowest BCUT2D eigenvalue weighted by Gasteiger charge is -2.12. The number of aromatic nitrogens is 1. The van der Waals surface area contributed by atoms with Gasteiger partial charge in [-0.05, 0) is 31.2 Å². The van der Waals surface area contributed by atoms with Gasteiger partial charge in [-0.1, -0.05) is 11.6 Å². The third-order valence-electron chi connectivity index (χ3n) is 2.08. The van der Waals surface area contributed by atoms with Crippen molar-refractivity contribution in [2.24, 2.45) is 0 Å². The van der Waals surface area contributed by atoms with Crippen molar-refractivity contribution < 1.29 is 4.42 Å². The van der Waals surface area contributed by atoms with Gasteiger partial charge in [0.15, 0.2) is 0 Å². The van der Waals surface area contributed by atoms with E-state index in [0.29, 0.717) is 10.8 Å². The number of anilines is 1. The van der Waals surface area contributed by atoms with Gasteiger partial charge < -0.3 is 9.73 Å². The Bertz CT molecular complexity index is 428. The fraction of sp³-hybridized carbons (Fsp3) is 0.182. The largest absolute Gasteiger partial charge is 0.467 e. The molecule has 1 N–H and O–H groups in total. The second-order valence-corrected chi connectivity index (χ2v) is 3.62. The highest BCUT2D eigenvalue weighted by Crippen LogP contribution is 2.23. The Morgan fingerprint density at radius 2 is 2.27 bits per heavy atom. The molecule has 0 saturated carbocycles. The molecule has 2 rings (SSSR count). The van der Waals surface area contributed by atoms with E-state index in [1.165, 1.54) is 0 Å². The van der Waals surface area contributed by atoms with Crippen molar-refractivity contribution >= 4 is 17.4 Å². The first kappa shape index (κ1) is 10.1. The summed E-state index contributed by atoms with van der Waals surface area (Å²) in [5.74, 6) is 1.53. The predicted molar refractivity (Wildman–Crippen MR) is 60.0 cm³/mol. The summed E-state index contributed by atoms with van der Waals surface area (Å²) in [4.78, 5) is 4.14. The molecule has 0 radical (unpaired) electrons. The Balaban J connectivity index is 2.13. The molecule has 1 unspecified atom stereocenters. The summed E-state index contributed by atoms with van der Waals surface area (Å²) in [6, 6.07) is 7.41. The maximum Gasteiger partial charge on any atom is 0.145 e. The molecule has 78 valence electrons. The first-order valence-electron chi connectivity index (χ1n) is 4.68. The molecule has 0 saturated heterocycles.